The maximum atomic E-state index is 12.4. The Bertz CT molecular complexity index is 997. The molecule has 0 radical (unpaired) electrons. The molecule has 2 N–H and O–H groups in total. The molecule has 0 spiro atoms. The van der Waals surface area contributed by atoms with Crippen LogP contribution in [0, 0.1) is 6.92 Å². The fourth-order valence-electron chi connectivity index (χ4n) is 2.35. The maximum absolute atomic E-state index is 12.4. The number of rotatable bonds is 5. The summed E-state index contributed by atoms with van der Waals surface area (Å²) in [7, 11) is -3.71. The van der Waals surface area contributed by atoms with E-state index in [0.29, 0.717) is 16.9 Å². The summed E-state index contributed by atoms with van der Waals surface area (Å²) < 4.78 is 27.4. The minimum Gasteiger partial charge on any atom is -0.322 e. The zero-order valence-corrected chi connectivity index (χ0v) is 15.0. The molecule has 132 valence electrons. The number of para-hydroxylation sites is 1. The van der Waals surface area contributed by atoms with Crippen LogP contribution in [0.3, 0.4) is 0 Å². The fraction of sp³-hybridized carbons (Fsp3) is 0.0500. The van der Waals surface area contributed by atoms with E-state index in [1.54, 1.807) is 24.3 Å². The summed E-state index contributed by atoms with van der Waals surface area (Å²) in [5, 5.41) is 2.76. The zero-order valence-electron chi connectivity index (χ0n) is 14.1. The molecule has 3 rings (SSSR count). The first-order chi connectivity index (χ1) is 12.4. The van der Waals surface area contributed by atoms with E-state index < -0.39 is 10.0 Å². The van der Waals surface area contributed by atoms with E-state index in [0.717, 1.165) is 5.56 Å². The lowest BCUT2D eigenvalue weighted by Crippen LogP contribution is -2.14. The van der Waals surface area contributed by atoms with E-state index >= 15 is 0 Å². The van der Waals surface area contributed by atoms with Crippen LogP contribution in [0.25, 0.3) is 0 Å². The van der Waals surface area contributed by atoms with E-state index in [2.05, 4.69) is 10.0 Å². The third-order valence-electron chi connectivity index (χ3n) is 3.76. The van der Waals surface area contributed by atoms with Gasteiger partial charge in [-0.3, -0.25) is 9.52 Å². The van der Waals surface area contributed by atoms with E-state index in [9.17, 15) is 13.2 Å². The summed E-state index contributed by atoms with van der Waals surface area (Å²) in [5.74, 6) is -0.299. The van der Waals surface area contributed by atoms with Crippen molar-refractivity contribution < 1.29 is 13.2 Å². The van der Waals surface area contributed by atoms with Crippen LogP contribution in [0.2, 0.25) is 0 Å². The molecule has 0 saturated heterocycles. The SMILES string of the molecule is Cc1ccc(NS(=O)(=O)c2ccc(C(=O)Nc3ccccc3)cc2)cc1. The summed E-state index contributed by atoms with van der Waals surface area (Å²) in [4.78, 5) is 12.3. The first-order valence-electron chi connectivity index (χ1n) is 8.00. The van der Waals surface area contributed by atoms with Crippen molar-refractivity contribution in [1.82, 2.24) is 0 Å². The number of anilines is 2. The molecule has 3 aromatic rings. The van der Waals surface area contributed by atoms with Gasteiger partial charge in [0.1, 0.15) is 0 Å². The van der Waals surface area contributed by atoms with Gasteiger partial charge in [-0.05, 0) is 55.5 Å². The van der Waals surface area contributed by atoms with Crippen LogP contribution in [0.4, 0.5) is 11.4 Å². The van der Waals surface area contributed by atoms with Crippen LogP contribution >= 0.6 is 0 Å². The average Bonchev–Trinajstić information content (AvgIpc) is 2.64. The summed E-state index contributed by atoms with van der Waals surface area (Å²) >= 11 is 0. The van der Waals surface area contributed by atoms with Gasteiger partial charge in [0.15, 0.2) is 0 Å². The molecular weight excluding hydrogens is 348 g/mol. The molecule has 0 aliphatic rings. The van der Waals surface area contributed by atoms with Crippen molar-refractivity contribution in [3.63, 3.8) is 0 Å². The molecular formula is C20H18N2O3S. The maximum Gasteiger partial charge on any atom is 0.261 e. The highest BCUT2D eigenvalue weighted by molar-refractivity contribution is 7.92. The molecule has 6 heteroatoms. The molecule has 3 aromatic carbocycles. The Morgan fingerprint density at radius 3 is 2.00 bits per heavy atom. The molecule has 5 nitrogen and oxygen atoms in total. The van der Waals surface area contributed by atoms with Crippen LogP contribution in [0.5, 0.6) is 0 Å². The molecule has 0 saturated carbocycles. The fourth-order valence-corrected chi connectivity index (χ4v) is 3.40. The van der Waals surface area contributed by atoms with Gasteiger partial charge in [-0.15, -0.1) is 0 Å². The van der Waals surface area contributed by atoms with Gasteiger partial charge in [0.05, 0.1) is 4.90 Å². The van der Waals surface area contributed by atoms with Gasteiger partial charge in [-0.25, -0.2) is 8.42 Å². The predicted octanol–water partition coefficient (Wildman–Crippen LogP) is 4.05. The molecule has 0 heterocycles. The lowest BCUT2D eigenvalue weighted by atomic mass is 10.2. The third-order valence-corrected chi connectivity index (χ3v) is 5.16. The first-order valence-corrected chi connectivity index (χ1v) is 9.48. The predicted molar refractivity (Wildman–Crippen MR) is 103 cm³/mol. The van der Waals surface area contributed by atoms with Crippen molar-refractivity contribution in [3.8, 4) is 0 Å². The Labute approximate surface area is 152 Å². The highest BCUT2D eigenvalue weighted by Gasteiger charge is 2.15. The lowest BCUT2D eigenvalue weighted by molar-refractivity contribution is 0.102. The zero-order chi connectivity index (χ0) is 18.6. The van der Waals surface area contributed by atoms with Crippen LogP contribution < -0.4 is 10.0 Å². The third kappa shape index (κ3) is 4.29. The van der Waals surface area contributed by atoms with E-state index in [1.165, 1.54) is 24.3 Å². The van der Waals surface area contributed by atoms with Crippen molar-refractivity contribution in [1.29, 1.82) is 0 Å². The topological polar surface area (TPSA) is 75.3 Å². The number of hydrogen-bond acceptors (Lipinski definition) is 3. The largest absolute Gasteiger partial charge is 0.322 e. The molecule has 26 heavy (non-hydrogen) atoms. The molecule has 0 aliphatic carbocycles. The van der Waals surface area contributed by atoms with E-state index in [1.807, 2.05) is 37.3 Å². The molecule has 0 unspecified atom stereocenters. The molecule has 1 amide bonds. The summed E-state index contributed by atoms with van der Waals surface area (Å²) in [6.45, 7) is 1.93. The monoisotopic (exact) mass is 366 g/mol. The average molecular weight is 366 g/mol. The van der Waals surface area contributed by atoms with Crippen LogP contribution in [-0.2, 0) is 10.0 Å². The lowest BCUT2D eigenvalue weighted by Gasteiger charge is -2.09. The van der Waals surface area contributed by atoms with Crippen LogP contribution in [0.15, 0.2) is 83.8 Å². The van der Waals surface area contributed by atoms with Crippen molar-refractivity contribution in [2.24, 2.45) is 0 Å². The second-order valence-corrected chi connectivity index (χ2v) is 7.50. The Morgan fingerprint density at radius 2 is 1.38 bits per heavy atom. The van der Waals surface area contributed by atoms with Gasteiger partial charge >= 0.3 is 0 Å². The van der Waals surface area contributed by atoms with Crippen molar-refractivity contribution in [3.05, 3.63) is 90.0 Å². The number of benzene rings is 3. The van der Waals surface area contributed by atoms with E-state index in [4.69, 9.17) is 0 Å². The van der Waals surface area contributed by atoms with Crippen molar-refractivity contribution in [2.45, 2.75) is 11.8 Å². The van der Waals surface area contributed by atoms with Crippen molar-refractivity contribution in [2.75, 3.05) is 10.0 Å². The Hall–Kier alpha value is -3.12. The highest BCUT2D eigenvalue weighted by atomic mass is 32.2. The quantitative estimate of drug-likeness (QED) is 0.715. The number of amides is 1. The van der Waals surface area contributed by atoms with E-state index in [-0.39, 0.29) is 10.8 Å². The molecule has 0 bridgehead atoms. The number of carbonyl (C=O) groups is 1. The minimum absolute atomic E-state index is 0.0920. The highest BCUT2D eigenvalue weighted by Crippen LogP contribution is 2.18. The first kappa shape index (κ1) is 17.7. The summed E-state index contributed by atoms with van der Waals surface area (Å²) in [6.07, 6.45) is 0. The number of aryl methyl sites for hydroxylation is 1. The van der Waals surface area contributed by atoms with Crippen molar-refractivity contribution >= 4 is 27.3 Å². The van der Waals surface area contributed by atoms with Gasteiger partial charge in [0.2, 0.25) is 0 Å². The smallest absolute Gasteiger partial charge is 0.261 e. The summed E-state index contributed by atoms with van der Waals surface area (Å²) in [5.41, 5.74) is 2.58. The van der Waals surface area contributed by atoms with Crippen LogP contribution in [-0.4, -0.2) is 14.3 Å². The van der Waals surface area contributed by atoms with Gasteiger partial charge in [0.25, 0.3) is 15.9 Å². The van der Waals surface area contributed by atoms with Gasteiger partial charge in [-0.2, -0.15) is 0 Å². The van der Waals surface area contributed by atoms with Crippen LogP contribution in [0.1, 0.15) is 15.9 Å². The number of nitrogens with one attached hydrogen (secondary N) is 2. The van der Waals surface area contributed by atoms with Gasteiger partial charge in [-0.1, -0.05) is 35.9 Å². The number of sulfonamides is 1. The molecule has 0 aliphatic heterocycles. The minimum atomic E-state index is -3.71. The number of carbonyl (C=O) groups excluding carboxylic acids is 1. The van der Waals surface area contributed by atoms with Gasteiger partial charge < -0.3 is 5.32 Å². The molecule has 0 aromatic heterocycles. The molecule has 0 atom stereocenters. The molecule has 0 fully saturated rings. The Balaban J connectivity index is 1.73. The Kier molecular flexibility index (Phi) is 5.04. The second kappa shape index (κ2) is 7.41. The standard InChI is InChI=1S/C20H18N2O3S/c1-15-7-11-18(12-8-15)22-26(24,25)19-13-9-16(10-14-19)20(23)21-17-5-3-2-4-6-17/h2-14,22H,1H3,(H,21,23). The number of hydrogen-bond donors (Lipinski definition) is 2. The Morgan fingerprint density at radius 1 is 0.769 bits per heavy atom. The summed E-state index contributed by atoms with van der Waals surface area (Å²) in [6, 6.07) is 21.9. The normalized spacial score (nSPS) is 11.0. The van der Waals surface area contributed by atoms with Gasteiger partial charge in [0, 0.05) is 16.9 Å². The second-order valence-electron chi connectivity index (χ2n) is 5.82.